The van der Waals surface area contributed by atoms with Crippen molar-refractivity contribution in [3.8, 4) is 0 Å². The summed E-state index contributed by atoms with van der Waals surface area (Å²) in [4.78, 5) is 8.55. The molecular weight excluding hydrogens is 234 g/mol. The Kier molecular flexibility index (Phi) is 4.23. The van der Waals surface area contributed by atoms with Crippen LogP contribution in [0.4, 0.5) is 0 Å². The van der Waals surface area contributed by atoms with E-state index in [2.05, 4.69) is 15.3 Å². The molecule has 0 amide bonds. The van der Waals surface area contributed by atoms with Gasteiger partial charge in [0.1, 0.15) is 0 Å². The number of aryl methyl sites for hydroxylation is 2. The van der Waals surface area contributed by atoms with E-state index >= 15 is 0 Å². The molecule has 2 rings (SSSR count). The molecular formula is C12H19N3OS. The quantitative estimate of drug-likeness (QED) is 0.822. The molecule has 1 aliphatic rings. The first-order valence-electron chi connectivity index (χ1n) is 6.06. The fraction of sp³-hybridized carbons (Fsp3) is 0.667. The summed E-state index contributed by atoms with van der Waals surface area (Å²) in [5.41, 5.74) is 1.79. The van der Waals surface area contributed by atoms with Gasteiger partial charge in [-0.1, -0.05) is 0 Å². The van der Waals surface area contributed by atoms with Gasteiger partial charge in [0.15, 0.2) is 0 Å². The zero-order valence-corrected chi connectivity index (χ0v) is 11.2. The van der Waals surface area contributed by atoms with Gasteiger partial charge in [-0.2, -0.15) is 0 Å². The third kappa shape index (κ3) is 3.57. The molecule has 2 heterocycles. The van der Waals surface area contributed by atoms with Crippen LogP contribution in [-0.4, -0.2) is 33.0 Å². The van der Waals surface area contributed by atoms with E-state index in [-0.39, 0.29) is 0 Å². The lowest BCUT2D eigenvalue weighted by Crippen LogP contribution is -2.30. The van der Waals surface area contributed by atoms with E-state index in [1.165, 1.54) is 0 Å². The molecule has 0 radical (unpaired) electrons. The van der Waals surface area contributed by atoms with Crippen LogP contribution in [0, 0.1) is 19.8 Å². The molecule has 0 bridgehead atoms. The van der Waals surface area contributed by atoms with Gasteiger partial charge in [0.2, 0.25) is 5.16 Å². The Labute approximate surface area is 105 Å². The third-order valence-electron chi connectivity index (χ3n) is 3.01. The van der Waals surface area contributed by atoms with Crippen molar-refractivity contribution in [1.29, 1.82) is 0 Å². The van der Waals surface area contributed by atoms with Crippen LogP contribution in [0.5, 0.6) is 0 Å². The van der Waals surface area contributed by atoms with Crippen molar-refractivity contribution in [2.45, 2.75) is 31.8 Å². The fourth-order valence-electron chi connectivity index (χ4n) is 2.13. The van der Waals surface area contributed by atoms with Crippen molar-refractivity contribution in [2.75, 3.05) is 18.8 Å². The first kappa shape index (κ1) is 12.6. The predicted molar refractivity (Wildman–Crippen MR) is 68.4 cm³/mol. The van der Waals surface area contributed by atoms with E-state index in [0.717, 1.165) is 37.3 Å². The summed E-state index contributed by atoms with van der Waals surface area (Å²) in [5.74, 6) is 1.24. The van der Waals surface area contributed by atoms with E-state index < -0.39 is 10.8 Å². The van der Waals surface area contributed by atoms with Crippen molar-refractivity contribution in [1.82, 2.24) is 15.3 Å². The summed E-state index contributed by atoms with van der Waals surface area (Å²) in [5, 5.41) is 3.82. The summed E-state index contributed by atoms with van der Waals surface area (Å²) in [6.07, 6.45) is 2.22. The second kappa shape index (κ2) is 5.69. The molecule has 94 valence electrons. The van der Waals surface area contributed by atoms with Crippen LogP contribution in [0.2, 0.25) is 0 Å². The van der Waals surface area contributed by atoms with Crippen molar-refractivity contribution >= 4 is 10.8 Å². The highest BCUT2D eigenvalue weighted by Gasteiger charge is 2.18. The Morgan fingerprint density at radius 2 is 1.88 bits per heavy atom. The first-order chi connectivity index (χ1) is 8.15. The number of hydrogen-bond donors (Lipinski definition) is 1. The molecule has 1 saturated heterocycles. The van der Waals surface area contributed by atoms with Crippen LogP contribution in [0.1, 0.15) is 24.2 Å². The monoisotopic (exact) mass is 253 g/mol. The molecule has 1 aromatic heterocycles. The fourth-order valence-corrected chi connectivity index (χ4v) is 3.53. The van der Waals surface area contributed by atoms with Crippen LogP contribution in [0.25, 0.3) is 0 Å². The molecule has 0 aliphatic carbocycles. The van der Waals surface area contributed by atoms with E-state index in [0.29, 0.717) is 16.8 Å². The van der Waals surface area contributed by atoms with Gasteiger partial charge in [-0.05, 0) is 51.8 Å². The SMILES string of the molecule is Cc1cc(C)nc([S@](=O)CC2CCNCC2)n1. The van der Waals surface area contributed by atoms with E-state index in [4.69, 9.17) is 0 Å². The number of piperidine rings is 1. The Bertz CT molecular complexity index is 396. The summed E-state index contributed by atoms with van der Waals surface area (Å²) < 4.78 is 12.2. The average Bonchev–Trinajstić information content (AvgIpc) is 2.29. The normalized spacial score (nSPS) is 19.2. The van der Waals surface area contributed by atoms with E-state index in [1.807, 2.05) is 19.9 Å². The summed E-state index contributed by atoms with van der Waals surface area (Å²) in [6.45, 7) is 5.91. The van der Waals surface area contributed by atoms with Gasteiger partial charge < -0.3 is 5.32 Å². The predicted octanol–water partition coefficient (Wildman–Crippen LogP) is 1.20. The van der Waals surface area contributed by atoms with Crippen LogP contribution >= 0.6 is 0 Å². The topological polar surface area (TPSA) is 54.9 Å². The minimum absolute atomic E-state index is 0.501. The number of hydrogen-bond acceptors (Lipinski definition) is 4. The van der Waals surface area contributed by atoms with Gasteiger partial charge in [0.25, 0.3) is 0 Å². The van der Waals surface area contributed by atoms with Gasteiger partial charge in [0, 0.05) is 17.1 Å². The average molecular weight is 253 g/mol. The standard InChI is InChI=1S/C12H19N3OS/c1-9-7-10(2)15-12(14-9)17(16)8-11-3-5-13-6-4-11/h7,11,13H,3-6,8H2,1-2H3/t17-/m1/s1. The molecule has 1 fully saturated rings. The maximum Gasteiger partial charge on any atom is 0.218 e. The molecule has 0 saturated carbocycles. The maximum atomic E-state index is 12.2. The molecule has 0 aromatic carbocycles. The number of rotatable bonds is 3. The lowest BCUT2D eigenvalue weighted by molar-refractivity contribution is 0.405. The second-order valence-corrected chi connectivity index (χ2v) is 6.03. The largest absolute Gasteiger partial charge is 0.317 e. The zero-order chi connectivity index (χ0) is 12.3. The smallest absolute Gasteiger partial charge is 0.218 e. The minimum Gasteiger partial charge on any atom is -0.317 e. The molecule has 0 unspecified atom stereocenters. The van der Waals surface area contributed by atoms with Gasteiger partial charge in [-0.25, -0.2) is 9.97 Å². The summed E-state index contributed by atoms with van der Waals surface area (Å²) in [6, 6.07) is 1.91. The highest BCUT2D eigenvalue weighted by atomic mass is 32.2. The van der Waals surface area contributed by atoms with Crippen molar-refractivity contribution in [3.63, 3.8) is 0 Å². The molecule has 1 atom stereocenters. The van der Waals surface area contributed by atoms with Crippen molar-refractivity contribution < 1.29 is 4.21 Å². The maximum absolute atomic E-state index is 12.2. The van der Waals surface area contributed by atoms with Gasteiger partial charge in [-0.3, -0.25) is 4.21 Å². The zero-order valence-electron chi connectivity index (χ0n) is 10.4. The Hall–Kier alpha value is -0.810. The van der Waals surface area contributed by atoms with Crippen LogP contribution in [0.3, 0.4) is 0 Å². The number of nitrogens with zero attached hydrogens (tertiary/aromatic N) is 2. The van der Waals surface area contributed by atoms with Crippen LogP contribution < -0.4 is 5.32 Å². The van der Waals surface area contributed by atoms with Gasteiger partial charge in [-0.15, -0.1) is 0 Å². The lowest BCUT2D eigenvalue weighted by Gasteiger charge is -2.21. The van der Waals surface area contributed by atoms with Gasteiger partial charge in [0.05, 0.1) is 10.8 Å². The van der Waals surface area contributed by atoms with Crippen LogP contribution in [-0.2, 0) is 10.8 Å². The molecule has 5 heteroatoms. The molecule has 1 N–H and O–H groups in total. The Balaban J connectivity index is 2.03. The molecule has 4 nitrogen and oxygen atoms in total. The van der Waals surface area contributed by atoms with Crippen molar-refractivity contribution in [3.05, 3.63) is 17.5 Å². The second-order valence-electron chi connectivity index (χ2n) is 4.64. The third-order valence-corrected chi connectivity index (χ3v) is 4.38. The summed E-state index contributed by atoms with van der Waals surface area (Å²) >= 11 is 0. The number of nitrogens with one attached hydrogen (secondary N) is 1. The Morgan fingerprint density at radius 3 is 2.47 bits per heavy atom. The van der Waals surface area contributed by atoms with E-state index in [1.54, 1.807) is 0 Å². The molecule has 1 aromatic rings. The molecule has 1 aliphatic heterocycles. The van der Waals surface area contributed by atoms with E-state index in [9.17, 15) is 4.21 Å². The van der Waals surface area contributed by atoms with Crippen molar-refractivity contribution in [2.24, 2.45) is 5.92 Å². The highest BCUT2D eigenvalue weighted by molar-refractivity contribution is 7.84. The Morgan fingerprint density at radius 1 is 1.29 bits per heavy atom. The lowest BCUT2D eigenvalue weighted by atomic mass is 10.0. The molecule has 17 heavy (non-hydrogen) atoms. The molecule has 0 spiro atoms. The highest BCUT2D eigenvalue weighted by Crippen LogP contribution is 2.15. The minimum atomic E-state index is -1.05. The number of aromatic nitrogens is 2. The van der Waals surface area contributed by atoms with Gasteiger partial charge >= 0.3 is 0 Å². The first-order valence-corrected chi connectivity index (χ1v) is 7.38. The van der Waals surface area contributed by atoms with Crippen LogP contribution in [0.15, 0.2) is 11.2 Å². The summed E-state index contributed by atoms with van der Waals surface area (Å²) in [7, 11) is -1.05.